The van der Waals surface area contributed by atoms with Gasteiger partial charge in [-0.05, 0) is 0 Å². The van der Waals surface area contributed by atoms with Crippen LogP contribution >= 0.6 is 46.3 Å². The van der Waals surface area contributed by atoms with E-state index in [-0.39, 0.29) is 5.82 Å². The molecule has 1 heterocycles. The summed E-state index contributed by atoms with van der Waals surface area (Å²) in [5.74, 6) is 5.53. The molecule has 68 valence electrons. The number of halogens is 3. The van der Waals surface area contributed by atoms with Crippen molar-refractivity contribution >= 4 is 51.5 Å². The molecule has 1 aromatic heterocycles. The summed E-state index contributed by atoms with van der Waals surface area (Å²) in [4.78, 5) is 3.89. The average Bonchev–Trinajstić information content (AvgIpc) is 2.30. The summed E-state index contributed by atoms with van der Waals surface area (Å²) in [6.45, 7) is 0. The minimum absolute atomic E-state index is 0.143. The second kappa shape index (κ2) is 3.51. The van der Waals surface area contributed by atoms with Crippen molar-refractivity contribution < 1.29 is 0 Å². The molecule has 4 nitrogen and oxygen atoms in total. The van der Waals surface area contributed by atoms with Crippen molar-refractivity contribution in [2.45, 2.75) is 3.79 Å². The Balaban J connectivity index is 2.92. The summed E-state index contributed by atoms with van der Waals surface area (Å²) >= 11 is 17.7. The molecule has 0 aliphatic heterocycles. The lowest BCUT2D eigenvalue weighted by atomic mass is 10.7. The van der Waals surface area contributed by atoms with Crippen molar-refractivity contribution in [3.05, 3.63) is 5.82 Å². The van der Waals surface area contributed by atoms with E-state index in [0.29, 0.717) is 5.13 Å². The van der Waals surface area contributed by atoms with E-state index in [1.807, 2.05) is 0 Å². The maximum Gasteiger partial charge on any atom is 0.251 e. The Hall–Kier alpha value is 0.190. The molecular formula is C4H5Cl3N4S. The number of hydrazine groups is 1. The van der Waals surface area contributed by atoms with Gasteiger partial charge in [0.15, 0.2) is 5.82 Å². The predicted octanol–water partition coefficient (Wildman–Crippen LogP) is 1.67. The monoisotopic (exact) mass is 246 g/mol. The van der Waals surface area contributed by atoms with E-state index in [1.165, 1.54) is 5.01 Å². The third kappa shape index (κ3) is 2.34. The van der Waals surface area contributed by atoms with Crippen LogP contribution in [0.25, 0.3) is 0 Å². The highest BCUT2D eigenvalue weighted by atomic mass is 35.6. The molecule has 0 atom stereocenters. The zero-order chi connectivity index (χ0) is 9.35. The molecule has 0 spiro atoms. The number of hydrogen-bond donors (Lipinski definition) is 1. The van der Waals surface area contributed by atoms with Crippen molar-refractivity contribution in [2.75, 3.05) is 12.1 Å². The van der Waals surface area contributed by atoms with E-state index >= 15 is 0 Å². The van der Waals surface area contributed by atoms with Gasteiger partial charge in [-0.15, -0.1) is 0 Å². The van der Waals surface area contributed by atoms with Crippen molar-refractivity contribution in [1.29, 1.82) is 0 Å². The minimum atomic E-state index is -1.58. The van der Waals surface area contributed by atoms with E-state index in [1.54, 1.807) is 7.05 Å². The summed E-state index contributed by atoms with van der Waals surface area (Å²) < 4.78 is 2.24. The number of nitrogens with zero attached hydrogens (tertiary/aromatic N) is 3. The largest absolute Gasteiger partial charge is 0.288 e. The minimum Gasteiger partial charge on any atom is -0.288 e. The molecular weight excluding hydrogens is 242 g/mol. The number of rotatable bonds is 1. The topological polar surface area (TPSA) is 55.0 Å². The van der Waals surface area contributed by atoms with Gasteiger partial charge < -0.3 is 0 Å². The fraction of sp³-hybridized carbons (Fsp3) is 0.500. The Bertz CT molecular complexity index is 268. The van der Waals surface area contributed by atoms with Gasteiger partial charge in [-0.1, -0.05) is 34.8 Å². The molecule has 0 aromatic carbocycles. The van der Waals surface area contributed by atoms with Crippen LogP contribution in [0.3, 0.4) is 0 Å². The van der Waals surface area contributed by atoms with Crippen LogP contribution in [0, 0.1) is 0 Å². The van der Waals surface area contributed by atoms with Crippen molar-refractivity contribution in [3.8, 4) is 0 Å². The SMILES string of the molecule is CN(N)c1nc(C(Cl)(Cl)Cl)ns1. The Morgan fingerprint density at radius 1 is 1.50 bits per heavy atom. The van der Waals surface area contributed by atoms with Crippen LogP contribution < -0.4 is 10.9 Å². The molecule has 12 heavy (non-hydrogen) atoms. The summed E-state index contributed by atoms with van der Waals surface area (Å²) in [7, 11) is 1.63. The van der Waals surface area contributed by atoms with Gasteiger partial charge in [0.2, 0.25) is 5.13 Å². The van der Waals surface area contributed by atoms with E-state index in [0.717, 1.165) is 11.5 Å². The summed E-state index contributed by atoms with van der Waals surface area (Å²) in [5.41, 5.74) is 0. The van der Waals surface area contributed by atoms with Crippen LogP contribution in [0.5, 0.6) is 0 Å². The highest BCUT2D eigenvalue weighted by Gasteiger charge is 2.28. The Kier molecular flexibility index (Phi) is 3.01. The number of aromatic nitrogens is 2. The Labute approximate surface area is 88.4 Å². The zero-order valence-electron chi connectivity index (χ0n) is 5.96. The van der Waals surface area contributed by atoms with Crippen LogP contribution in [0.2, 0.25) is 0 Å². The molecule has 0 fully saturated rings. The number of anilines is 1. The van der Waals surface area contributed by atoms with Gasteiger partial charge in [-0.25, -0.2) is 5.84 Å². The Morgan fingerprint density at radius 3 is 2.33 bits per heavy atom. The van der Waals surface area contributed by atoms with Crippen LogP contribution in [-0.4, -0.2) is 16.4 Å². The first-order valence-corrected chi connectivity index (χ1v) is 4.71. The molecule has 0 amide bonds. The molecule has 0 aliphatic rings. The van der Waals surface area contributed by atoms with E-state index < -0.39 is 3.79 Å². The third-order valence-corrected chi connectivity index (χ3v) is 2.28. The average molecular weight is 248 g/mol. The summed E-state index contributed by atoms with van der Waals surface area (Å²) in [6, 6.07) is 0. The molecule has 1 aromatic rings. The van der Waals surface area contributed by atoms with Crippen LogP contribution in [-0.2, 0) is 3.79 Å². The molecule has 0 bridgehead atoms. The van der Waals surface area contributed by atoms with E-state index in [2.05, 4.69) is 9.36 Å². The molecule has 2 N–H and O–H groups in total. The van der Waals surface area contributed by atoms with Crippen LogP contribution in [0.1, 0.15) is 5.82 Å². The fourth-order valence-electron chi connectivity index (χ4n) is 0.474. The molecule has 1 rings (SSSR count). The highest BCUT2D eigenvalue weighted by molar-refractivity contribution is 7.09. The van der Waals surface area contributed by atoms with Gasteiger partial charge in [0.1, 0.15) is 0 Å². The lowest BCUT2D eigenvalue weighted by molar-refractivity contribution is 0.967. The van der Waals surface area contributed by atoms with Crippen LogP contribution in [0.4, 0.5) is 5.13 Å². The Morgan fingerprint density at radius 2 is 2.08 bits per heavy atom. The van der Waals surface area contributed by atoms with E-state index in [4.69, 9.17) is 40.6 Å². The normalized spacial score (nSPS) is 11.8. The van der Waals surface area contributed by atoms with E-state index in [9.17, 15) is 0 Å². The predicted molar refractivity (Wildman–Crippen MR) is 51.7 cm³/mol. The summed E-state index contributed by atoms with van der Waals surface area (Å²) in [5, 5.41) is 1.80. The van der Waals surface area contributed by atoms with Crippen molar-refractivity contribution in [3.63, 3.8) is 0 Å². The van der Waals surface area contributed by atoms with Gasteiger partial charge >= 0.3 is 0 Å². The van der Waals surface area contributed by atoms with Gasteiger partial charge in [0.05, 0.1) is 0 Å². The first-order valence-electron chi connectivity index (χ1n) is 2.80. The maximum atomic E-state index is 5.53. The molecule has 0 radical (unpaired) electrons. The quantitative estimate of drug-likeness (QED) is 0.466. The number of alkyl halides is 3. The zero-order valence-corrected chi connectivity index (χ0v) is 9.05. The molecule has 0 saturated heterocycles. The molecule has 0 unspecified atom stereocenters. The lowest BCUT2D eigenvalue weighted by Crippen LogP contribution is -2.24. The fourth-order valence-corrected chi connectivity index (χ4v) is 1.48. The molecule has 0 saturated carbocycles. The molecule has 0 aliphatic carbocycles. The first kappa shape index (κ1) is 10.3. The van der Waals surface area contributed by atoms with Gasteiger partial charge in [-0.2, -0.15) is 9.36 Å². The second-order valence-corrected chi connectivity index (χ2v) is 5.02. The number of nitrogens with two attached hydrogens (primary N) is 1. The van der Waals surface area contributed by atoms with Crippen molar-refractivity contribution in [2.24, 2.45) is 5.84 Å². The second-order valence-electron chi connectivity index (χ2n) is 2.01. The first-order chi connectivity index (χ1) is 5.41. The highest BCUT2D eigenvalue weighted by Crippen LogP contribution is 2.37. The standard InChI is InChI=1S/C4H5Cl3N4S/c1-11(8)3-9-2(10-12-3)4(5,6)7/h8H2,1H3. The number of hydrogen-bond acceptors (Lipinski definition) is 5. The van der Waals surface area contributed by atoms with Crippen molar-refractivity contribution in [1.82, 2.24) is 9.36 Å². The summed E-state index contributed by atoms with van der Waals surface area (Å²) in [6.07, 6.45) is 0. The smallest absolute Gasteiger partial charge is 0.251 e. The molecule has 8 heteroatoms. The lowest BCUT2D eigenvalue weighted by Gasteiger charge is -2.06. The van der Waals surface area contributed by atoms with Gasteiger partial charge in [0, 0.05) is 18.6 Å². The van der Waals surface area contributed by atoms with Gasteiger partial charge in [-0.3, -0.25) is 5.01 Å². The van der Waals surface area contributed by atoms with Gasteiger partial charge in [0.25, 0.3) is 3.79 Å². The van der Waals surface area contributed by atoms with Crippen LogP contribution in [0.15, 0.2) is 0 Å². The maximum absolute atomic E-state index is 5.53. The third-order valence-electron chi connectivity index (χ3n) is 0.971.